The van der Waals surface area contributed by atoms with Gasteiger partial charge in [0.05, 0.1) is 55.7 Å². The quantitative estimate of drug-likeness (QED) is 0.502. The van der Waals surface area contributed by atoms with E-state index in [4.69, 9.17) is 25.9 Å². The van der Waals surface area contributed by atoms with Crippen molar-refractivity contribution >= 4 is 27.9 Å². The van der Waals surface area contributed by atoms with Gasteiger partial charge in [-0.15, -0.1) is 0 Å². The summed E-state index contributed by atoms with van der Waals surface area (Å²) in [5.74, 6) is -2.22. The van der Waals surface area contributed by atoms with Crippen LogP contribution in [0.4, 0.5) is 0 Å². The molecule has 7 heteroatoms. The third-order valence-corrected chi connectivity index (χ3v) is 3.88. The first-order valence-corrected chi connectivity index (χ1v) is 8.26. The molecule has 0 unspecified atom stereocenters. The number of methoxy groups -OCH3 is 4. The number of aryl methyl sites for hydroxylation is 1. The summed E-state index contributed by atoms with van der Waals surface area (Å²) in [4.78, 5) is 23.1. The van der Waals surface area contributed by atoms with E-state index in [0.717, 1.165) is 12.1 Å². The Labute approximate surface area is 184 Å². The minimum absolute atomic E-state index is 0.0278. The molecule has 0 N–H and O–H groups in total. The van der Waals surface area contributed by atoms with Crippen LogP contribution < -0.4 is 9.47 Å². The molecule has 0 saturated heterocycles. The van der Waals surface area contributed by atoms with Crippen LogP contribution in [-0.2, 0) is 14.8 Å². The van der Waals surface area contributed by atoms with Crippen molar-refractivity contribution in [1.82, 2.24) is 0 Å². The lowest BCUT2D eigenvalue weighted by molar-refractivity contribution is 0.0591. The number of halogens is 1. The number of hydrogen-bond donors (Lipinski definition) is 0. The zero-order valence-electron chi connectivity index (χ0n) is 26.0. The smallest absolute Gasteiger partial charge is 0.337 e. The highest BCUT2D eigenvalue weighted by Crippen LogP contribution is 2.22. The average Bonchev–Trinajstić information content (AvgIpc) is 2.71. The van der Waals surface area contributed by atoms with E-state index < -0.39 is 40.1 Å². The summed E-state index contributed by atoms with van der Waals surface area (Å²) >= 11 is 3.16. The highest BCUT2D eigenvalue weighted by molar-refractivity contribution is 9.08. The fourth-order valence-electron chi connectivity index (χ4n) is 1.84. The van der Waals surface area contributed by atoms with Gasteiger partial charge in [0, 0.05) is 10.9 Å². The van der Waals surface area contributed by atoms with Crippen molar-refractivity contribution in [2.75, 3.05) is 28.2 Å². The molecule has 0 spiro atoms. The third-order valence-electron chi connectivity index (χ3n) is 3.28. The lowest BCUT2D eigenvalue weighted by Gasteiger charge is -2.07. The molecular formula is C20H23BrO6. The molecule has 27 heavy (non-hydrogen) atoms. The van der Waals surface area contributed by atoms with Gasteiger partial charge in [-0.25, -0.2) is 9.59 Å². The Morgan fingerprint density at radius 2 is 1.44 bits per heavy atom. The van der Waals surface area contributed by atoms with Crippen LogP contribution in [0, 0.1) is 6.92 Å². The number of esters is 2. The summed E-state index contributed by atoms with van der Waals surface area (Å²) in [6.07, 6.45) is 0. The number of ether oxygens (including phenoxy) is 4. The highest BCUT2D eigenvalue weighted by atomic mass is 79.9. The van der Waals surface area contributed by atoms with Crippen molar-refractivity contribution in [1.29, 1.82) is 0 Å². The number of carbonyl (C=O) groups excluding carboxylic acids is 2. The molecule has 6 nitrogen and oxygen atoms in total. The first-order chi connectivity index (χ1) is 17.5. The van der Waals surface area contributed by atoms with Crippen molar-refractivity contribution in [3.8, 4) is 11.5 Å². The fourth-order valence-corrected chi connectivity index (χ4v) is 2.31. The normalized spacial score (nSPS) is 18.0. The summed E-state index contributed by atoms with van der Waals surface area (Å²) in [7, 11) is -11.1. The average molecular weight is 451 g/mol. The maximum Gasteiger partial charge on any atom is 0.337 e. The summed E-state index contributed by atoms with van der Waals surface area (Å²) in [6.45, 7) is 1.60. The summed E-state index contributed by atoms with van der Waals surface area (Å²) in [5.41, 5.74) is 0.805. The number of benzene rings is 2. The molecule has 0 fully saturated rings. The van der Waals surface area contributed by atoms with Crippen molar-refractivity contribution in [2.45, 2.75) is 12.3 Å². The Morgan fingerprint density at radius 3 is 2.00 bits per heavy atom. The van der Waals surface area contributed by atoms with Gasteiger partial charge >= 0.3 is 11.9 Å². The summed E-state index contributed by atoms with van der Waals surface area (Å²) in [6, 6.07) is 7.82. The molecule has 0 bridgehead atoms. The molecule has 0 heterocycles. The van der Waals surface area contributed by atoms with Crippen LogP contribution in [-0.4, -0.2) is 40.1 Å². The lowest BCUT2D eigenvalue weighted by atomic mass is 10.1. The van der Waals surface area contributed by atoms with E-state index in [9.17, 15) is 9.59 Å². The highest BCUT2D eigenvalue weighted by Gasteiger charge is 2.09. The van der Waals surface area contributed by atoms with Gasteiger partial charge in [0.2, 0.25) is 0 Å². The first kappa shape index (κ1) is 10.1. The van der Waals surface area contributed by atoms with Crippen molar-refractivity contribution in [3.05, 3.63) is 58.7 Å². The zero-order chi connectivity index (χ0) is 30.4. The molecule has 0 radical (unpaired) electrons. The van der Waals surface area contributed by atoms with Gasteiger partial charge in [-0.2, -0.15) is 0 Å². The number of hydrogen-bond acceptors (Lipinski definition) is 6. The second-order valence-electron chi connectivity index (χ2n) is 4.92. The van der Waals surface area contributed by atoms with E-state index in [0.29, 0.717) is 16.5 Å². The Bertz CT molecular complexity index is 1160. The van der Waals surface area contributed by atoms with Crippen LogP contribution in [0.2, 0.25) is 0 Å². The number of carbonyl (C=O) groups is 2. The van der Waals surface area contributed by atoms with Gasteiger partial charge in [-0.1, -0.05) is 28.1 Å². The van der Waals surface area contributed by atoms with Crippen molar-refractivity contribution < 1.29 is 45.0 Å². The minimum atomic E-state index is -2.86. The first-order valence-electron chi connectivity index (χ1n) is 13.1. The molecule has 2 aromatic rings. The molecule has 0 amide bonds. The second-order valence-corrected chi connectivity index (χ2v) is 5.48. The van der Waals surface area contributed by atoms with Crippen LogP contribution >= 0.6 is 15.9 Å². The lowest BCUT2D eigenvalue weighted by Crippen LogP contribution is -2.02. The molecule has 2 aromatic carbocycles. The molecule has 0 aromatic heterocycles. The SMILES string of the molecule is [2H]C([2H])([2H])OC(=O)c1ccc(C)c(OC([2H])([2H])[2H])c1.[2H]C([2H])([2H])OC(=O)c1ccc(CBr)c(OC([2H])([2H])[2H])c1. The molecule has 2 rings (SSSR count). The molecule has 0 aliphatic heterocycles. The fraction of sp³-hybridized carbons (Fsp3) is 0.300. The molecule has 0 aliphatic rings. The topological polar surface area (TPSA) is 71.1 Å². The van der Waals surface area contributed by atoms with Gasteiger partial charge in [0.15, 0.2) is 0 Å². The maximum absolute atomic E-state index is 11.6. The predicted molar refractivity (Wildman–Crippen MR) is 106 cm³/mol. The van der Waals surface area contributed by atoms with Crippen LogP contribution in [0.1, 0.15) is 48.3 Å². The summed E-state index contributed by atoms with van der Waals surface area (Å²) in [5, 5.41) is 0.313. The van der Waals surface area contributed by atoms with E-state index in [1.807, 2.05) is 0 Å². The van der Waals surface area contributed by atoms with E-state index in [1.54, 1.807) is 6.92 Å². The Morgan fingerprint density at radius 1 is 0.889 bits per heavy atom. The van der Waals surface area contributed by atoms with Gasteiger partial charge in [-0.05, 0) is 36.8 Å². The number of rotatable bonds is 5. The Hall–Kier alpha value is -2.54. The monoisotopic (exact) mass is 450 g/mol. The molecule has 146 valence electrons. The van der Waals surface area contributed by atoms with Gasteiger partial charge in [-0.3, -0.25) is 0 Å². The van der Waals surface area contributed by atoms with Gasteiger partial charge < -0.3 is 18.9 Å². The molecular weight excluding hydrogens is 416 g/mol. The van der Waals surface area contributed by atoms with E-state index in [-0.39, 0.29) is 22.6 Å². The minimum Gasteiger partial charge on any atom is -0.496 e. The van der Waals surface area contributed by atoms with E-state index in [1.165, 1.54) is 24.3 Å². The van der Waals surface area contributed by atoms with E-state index in [2.05, 4.69) is 25.4 Å². The maximum atomic E-state index is 11.6. The molecule has 0 saturated carbocycles. The zero-order valence-corrected chi connectivity index (χ0v) is 15.6. The van der Waals surface area contributed by atoms with Crippen LogP contribution in [0.3, 0.4) is 0 Å². The molecule has 0 aliphatic carbocycles. The second kappa shape index (κ2) is 11.2. The summed E-state index contributed by atoms with van der Waals surface area (Å²) < 4.78 is 101. The molecule has 0 atom stereocenters. The van der Waals surface area contributed by atoms with Crippen molar-refractivity contribution in [2.24, 2.45) is 0 Å². The largest absolute Gasteiger partial charge is 0.496 e. The van der Waals surface area contributed by atoms with Gasteiger partial charge in [0.25, 0.3) is 0 Å². The van der Waals surface area contributed by atoms with Gasteiger partial charge in [0.1, 0.15) is 11.5 Å². The third kappa shape index (κ3) is 6.29. The Kier molecular flexibility index (Phi) is 4.21. The van der Waals surface area contributed by atoms with Crippen molar-refractivity contribution in [3.63, 3.8) is 0 Å². The van der Waals surface area contributed by atoms with Crippen LogP contribution in [0.5, 0.6) is 11.5 Å². The Balaban J connectivity index is 0.000000391. The van der Waals surface area contributed by atoms with Crippen LogP contribution in [0.25, 0.3) is 0 Å². The van der Waals surface area contributed by atoms with E-state index >= 15 is 0 Å². The predicted octanol–water partition coefficient (Wildman–Crippen LogP) is 4.17. The standard InChI is InChI=1S/C10H11BrO3.C10H12O3/c1-13-9-5-7(10(12)14-2)3-4-8(9)6-11;1-7-4-5-8(10(11)13-3)6-9(7)12-2/h3-5H,6H2,1-2H3;4-6H,1-3H3/i1D3,2D3;2D3,3D3. The number of alkyl halides is 1. The van der Waals surface area contributed by atoms with Crippen LogP contribution in [0.15, 0.2) is 36.4 Å².